The van der Waals surface area contributed by atoms with Crippen molar-refractivity contribution in [2.45, 2.75) is 24.9 Å². The van der Waals surface area contributed by atoms with Crippen LogP contribution in [0.5, 0.6) is 0 Å². The monoisotopic (exact) mass is 381 g/mol. The normalized spacial score (nSPS) is 18.5. The lowest BCUT2D eigenvalue weighted by Gasteiger charge is -2.33. The number of rotatable bonds is 2. The van der Waals surface area contributed by atoms with Gasteiger partial charge >= 0.3 is 6.18 Å². The van der Waals surface area contributed by atoms with E-state index in [0.29, 0.717) is 23.2 Å². The van der Waals surface area contributed by atoms with Gasteiger partial charge in [0.2, 0.25) is 0 Å². The number of anilines is 1. The zero-order valence-electron chi connectivity index (χ0n) is 13.6. The highest BCUT2D eigenvalue weighted by atomic mass is 35.5. The number of pyridine rings is 2. The molecule has 4 rings (SSSR count). The fourth-order valence-corrected chi connectivity index (χ4v) is 3.53. The predicted molar refractivity (Wildman–Crippen MR) is 91.4 cm³/mol. The summed E-state index contributed by atoms with van der Waals surface area (Å²) < 4.78 is 40.6. The van der Waals surface area contributed by atoms with Crippen molar-refractivity contribution in [2.75, 3.05) is 18.0 Å². The Balaban J connectivity index is 1.66. The Labute approximate surface area is 152 Å². The molecule has 0 radical (unpaired) electrons. The van der Waals surface area contributed by atoms with Gasteiger partial charge < -0.3 is 4.90 Å². The van der Waals surface area contributed by atoms with Crippen molar-refractivity contribution >= 4 is 22.9 Å². The van der Waals surface area contributed by atoms with Gasteiger partial charge in [-0.05, 0) is 37.1 Å². The van der Waals surface area contributed by atoms with E-state index in [2.05, 4.69) is 20.1 Å². The van der Waals surface area contributed by atoms with Crippen LogP contribution in [-0.2, 0) is 6.18 Å². The first kappa shape index (κ1) is 17.1. The Bertz CT molecular complexity index is 940. The Kier molecular flexibility index (Phi) is 4.22. The molecule has 9 heteroatoms. The number of nitrogens with zero attached hydrogens (tertiary/aromatic N) is 5. The average Bonchev–Trinajstić information content (AvgIpc) is 3.04. The van der Waals surface area contributed by atoms with E-state index in [4.69, 9.17) is 11.6 Å². The number of fused-ring (bicyclic) bond motifs is 1. The van der Waals surface area contributed by atoms with Crippen LogP contribution in [0.4, 0.5) is 18.9 Å². The van der Waals surface area contributed by atoms with Gasteiger partial charge in [0.15, 0.2) is 5.65 Å². The van der Waals surface area contributed by atoms with Crippen LogP contribution >= 0.6 is 11.6 Å². The molecule has 0 bridgehead atoms. The van der Waals surface area contributed by atoms with E-state index >= 15 is 0 Å². The summed E-state index contributed by atoms with van der Waals surface area (Å²) in [6.07, 6.45) is 0.0588. The Morgan fingerprint density at radius 2 is 2.00 bits per heavy atom. The number of piperidine rings is 1. The molecule has 1 saturated heterocycles. The van der Waals surface area contributed by atoms with Crippen molar-refractivity contribution in [3.8, 4) is 0 Å². The van der Waals surface area contributed by atoms with Gasteiger partial charge in [-0.3, -0.25) is 4.40 Å². The van der Waals surface area contributed by atoms with Gasteiger partial charge in [0.1, 0.15) is 11.0 Å². The van der Waals surface area contributed by atoms with Crippen LogP contribution in [0, 0.1) is 0 Å². The van der Waals surface area contributed by atoms with E-state index in [-0.39, 0.29) is 5.92 Å². The maximum atomic E-state index is 13.0. The van der Waals surface area contributed by atoms with Crippen LogP contribution in [-0.4, -0.2) is 32.7 Å². The molecule has 26 heavy (non-hydrogen) atoms. The van der Waals surface area contributed by atoms with Crippen LogP contribution in [0.1, 0.15) is 30.1 Å². The molecule has 1 fully saturated rings. The second-order valence-corrected chi connectivity index (χ2v) is 6.71. The standard InChI is InChI=1S/C17H15ClF3N5/c18-14-8-13(5-6-22-14)25-7-1-2-11(9-25)16-24-23-15-4-3-12(10-26(15)16)17(19,20)21/h3-6,8,10-11H,1-2,7,9H2. The number of halogens is 4. The summed E-state index contributed by atoms with van der Waals surface area (Å²) in [6.45, 7) is 1.48. The first-order valence-electron chi connectivity index (χ1n) is 8.20. The molecule has 1 unspecified atom stereocenters. The SMILES string of the molecule is FC(F)(F)c1ccc2nnc(C3CCCN(c4ccnc(Cl)c4)C3)n2c1. The quantitative estimate of drug-likeness (QED) is 0.625. The fourth-order valence-electron chi connectivity index (χ4n) is 3.37. The van der Waals surface area contributed by atoms with Gasteiger partial charge in [-0.15, -0.1) is 10.2 Å². The van der Waals surface area contributed by atoms with Crippen molar-refractivity contribution in [1.82, 2.24) is 19.6 Å². The molecule has 1 atom stereocenters. The van der Waals surface area contributed by atoms with E-state index in [9.17, 15) is 13.2 Å². The highest BCUT2D eigenvalue weighted by Gasteiger charge is 2.32. The molecular weight excluding hydrogens is 367 g/mol. The molecule has 0 amide bonds. The first-order valence-corrected chi connectivity index (χ1v) is 8.58. The number of hydrogen-bond donors (Lipinski definition) is 0. The summed E-state index contributed by atoms with van der Waals surface area (Å²) in [5.41, 5.74) is 0.649. The molecule has 4 heterocycles. The minimum absolute atomic E-state index is 0.0193. The van der Waals surface area contributed by atoms with E-state index in [1.165, 1.54) is 10.5 Å². The zero-order chi connectivity index (χ0) is 18.3. The van der Waals surface area contributed by atoms with Crippen LogP contribution < -0.4 is 4.90 Å². The molecule has 0 spiro atoms. The number of alkyl halides is 3. The highest BCUT2D eigenvalue weighted by Crippen LogP contribution is 2.32. The largest absolute Gasteiger partial charge is 0.417 e. The van der Waals surface area contributed by atoms with Crippen molar-refractivity contribution < 1.29 is 13.2 Å². The Hall–Kier alpha value is -2.35. The predicted octanol–water partition coefficient (Wildman–Crippen LogP) is 4.18. The topological polar surface area (TPSA) is 46.3 Å². The van der Waals surface area contributed by atoms with Gasteiger partial charge in [0.25, 0.3) is 0 Å². The van der Waals surface area contributed by atoms with Gasteiger partial charge in [0.05, 0.1) is 5.56 Å². The summed E-state index contributed by atoms with van der Waals surface area (Å²) in [4.78, 5) is 6.13. The maximum absolute atomic E-state index is 13.0. The summed E-state index contributed by atoms with van der Waals surface area (Å²) in [6, 6.07) is 6.04. The zero-order valence-corrected chi connectivity index (χ0v) is 14.4. The third kappa shape index (κ3) is 3.21. The van der Waals surface area contributed by atoms with Crippen molar-refractivity contribution in [3.63, 3.8) is 0 Å². The molecule has 0 saturated carbocycles. The lowest BCUT2D eigenvalue weighted by Crippen LogP contribution is -2.35. The molecule has 0 aromatic carbocycles. The van der Waals surface area contributed by atoms with Crippen LogP contribution in [0.3, 0.4) is 0 Å². The van der Waals surface area contributed by atoms with E-state index in [1.54, 1.807) is 12.3 Å². The third-order valence-corrected chi connectivity index (χ3v) is 4.82. The second-order valence-electron chi connectivity index (χ2n) is 6.32. The fraction of sp³-hybridized carbons (Fsp3) is 0.353. The van der Waals surface area contributed by atoms with Crippen molar-refractivity contribution in [2.24, 2.45) is 0 Å². The molecule has 1 aliphatic rings. The van der Waals surface area contributed by atoms with Gasteiger partial charge in [0, 0.05) is 37.1 Å². The molecule has 1 aliphatic heterocycles. The van der Waals surface area contributed by atoms with Crippen LogP contribution in [0.25, 0.3) is 5.65 Å². The molecule has 0 N–H and O–H groups in total. The smallest absolute Gasteiger partial charge is 0.371 e. The van der Waals surface area contributed by atoms with Crippen molar-refractivity contribution in [3.05, 3.63) is 53.2 Å². The summed E-state index contributed by atoms with van der Waals surface area (Å²) >= 11 is 5.97. The molecule has 136 valence electrons. The lowest BCUT2D eigenvalue weighted by atomic mass is 9.96. The molecule has 3 aromatic heterocycles. The maximum Gasteiger partial charge on any atom is 0.417 e. The third-order valence-electron chi connectivity index (χ3n) is 4.62. The van der Waals surface area contributed by atoms with E-state index < -0.39 is 11.7 Å². The minimum atomic E-state index is -4.40. The van der Waals surface area contributed by atoms with E-state index in [0.717, 1.165) is 37.3 Å². The summed E-state index contributed by atoms with van der Waals surface area (Å²) in [5, 5.41) is 8.60. The number of hydrogen-bond acceptors (Lipinski definition) is 4. The second kappa shape index (κ2) is 6.42. The first-order chi connectivity index (χ1) is 12.4. The Morgan fingerprint density at radius 3 is 2.77 bits per heavy atom. The van der Waals surface area contributed by atoms with Gasteiger partial charge in [-0.25, -0.2) is 4.98 Å². The van der Waals surface area contributed by atoms with E-state index in [1.807, 2.05) is 6.07 Å². The van der Waals surface area contributed by atoms with Gasteiger partial charge in [-0.1, -0.05) is 11.6 Å². The summed E-state index contributed by atoms with van der Waals surface area (Å²) in [5.74, 6) is 0.533. The summed E-state index contributed by atoms with van der Waals surface area (Å²) in [7, 11) is 0. The minimum Gasteiger partial charge on any atom is -0.371 e. The van der Waals surface area contributed by atoms with Crippen LogP contribution in [0.15, 0.2) is 36.7 Å². The lowest BCUT2D eigenvalue weighted by molar-refractivity contribution is -0.137. The number of aromatic nitrogens is 4. The molecular formula is C17H15ClF3N5. The van der Waals surface area contributed by atoms with Crippen molar-refractivity contribution in [1.29, 1.82) is 0 Å². The molecule has 3 aromatic rings. The molecule has 0 aliphatic carbocycles. The Morgan fingerprint density at radius 1 is 1.15 bits per heavy atom. The average molecular weight is 382 g/mol. The van der Waals surface area contributed by atoms with Crippen LogP contribution in [0.2, 0.25) is 5.15 Å². The van der Waals surface area contributed by atoms with Gasteiger partial charge in [-0.2, -0.15) is 13.2 Å². The molecule has 5 nitrogen and oxygen atoms in total. The highest BCUT2D eigenvalue weighted by molar-refractivity contribution is 6.29.